The van der Waals surface area contributed by atoms with Crippen molar-refractivity contribution >= 4 is 32.4 Å². The number of anilines is 1. The number of sulfonamides is 1. The van der Waals surface area contributed by atoms with Crippen molar-refractivity contribution in [2.45, 2.75) is 18.4 Å². The molecule has 4 rings (SSSR count). The summed E-state index contributed by atoms with van der Waals surface area (Å²) in [6.45, 7) is 1.85. The highest BCUT2D eigenvalue weighted by atomic mass is 32.2. The van der Waals surface area contributed by atoms with Gasteiger partial charge in [-0.1, -0.05) is 78.1 Å². The molecular formula is C23H20N4O3S2. The lowest BCUT2D eigenvalue weighted by molar-refractivity contribution is 0.102. The lowest BCUT2D eigenvalue weighted by atomic mass is 10.1. The first-order valence-corrected chi connectivity index (χ1v) is 12.1. The van der Waals surface area contributed by atoms with Crippen LogP contribution in [0.5, 0.6) is 0 Å². The van der Waals surface area contributed by atoms with Gasteiger partial charge in [-0.25, -0.2) is 13.1 Å². The summed E-state index contributed by atoms with van der Waals surface area (Å²) >= 11 is 1.24. The van der Waals surface area contributed by atoms with Gasteiger partial charge in [0.2, 0.25) is 15.2 Å². The summed E-state index contributed by atoms with van der Waals surface area (Å²) < 4.78 is 28.3. The standard InChI is InChI=1S/C23H20N4O3S2/c1-16-12-13-19(14-20(16)32(29,30)24-15-17-8-4-2-5-9-17)21(28)25-23-27-26-22(31-23)18-10-6-3-7-11-18/h2-14,24H,15H2,1H3,(H,25,27,28). The Hall–Kier alpha value is -3.40. The van der Waals surface area contributed by atoms with E-state index in [1.807, 2.05) is 60.7 Å². The maximum absolute atomic E-state index is 12.9. The summed E-state index contributed by atoms with van der Waals surface area (Å²) in [5, 5.41) is 11.8. The van der Waals surface area contributed by atoms with Gasteiger partial charge < -0.3 is 0 Å². The molecule has 1 aromatic heterocycles. The van der Waals surface area contributed by atoms with Crippen LogP contribution in [0.25, 0.3) is 10.6 Å². The average molecular weight is 465 g/mol. The number of benzene rings is 3. The molecule has 0 aliphatic carbocycles. The molecule has 0 aliphatic heterocycles. The van der Waals surface area contributed by atoms with Crippen molar-refractivity contribution in [3.63, 3.8) is 0 Å². The summed E-state index contributed by atoms with van der Waals surface area (Å²) in [6, 6.07) is 23.3. The molecule has 9 heteroatoms. The normalized spacial score (nSPS) is 11.3. The van der Waals surface area contributed by atoms with E-state index in [0.717, 1.165) is 11.1 Å². The van der Waals surface area contributed by atoms with Crippen molar-refractivity contribution in [3.8, 4) is 10.6 Å². The van der Waals surface area contributed by atoms with Crippen LogP contribution >= 0.6 is 11.3 Å². The minimum atomic E-state index is -3.81. The molecule has 162 valence electrons. The second-order valence-electron chi connectivity index (χ2n) is 7.02. The van der Waals surface area contributed by atoms with Crippen LogP contribution in [0.3, 0.4) is 0 Å². The first-order chi connectivity index (χ1) is 15.4. The number of hydrogen-bond donors (Lipinski definition) is 2. The maximum atomic E-state index is 12.9. The van der Waals surface area contributed by atoms with Crippen LogP contribution in [-0.2, 0) is 16.6 Å². The molecule has 4 aromatic rings. The topological polar surface area (TPSA) is 101 Å². The summed E-state index contributed by atoms with van der Waals surface area (Å²) in [7, 11) is -3.81. The maximum Gasteiger partial charge on any atom is 0.257 e. The lowest BCUT2D eigenvalue weighted by Gasteiger charge is -2.11. The zero-order valence-corrected chi connectivity index (χ0v) is 18.8. The molecule has 3 aromatic carbocycles. The van der Waals surface area contributed by atoms with Crippen LogP contribution in [0.1, 0.15) is 21.5 Å². The largest absolute Gasteiger partial charge is 0.296 e. The smallest absolute Gasteiger partial charge is 0.257 e. The third kappa shape index (κ3) is 5.08. The minimum Gasteiger partial charge on any atom is -0.296 e. The third-order valence-corrected chi connectivity index (χ3v) is 7.15. The van der Waals surface area contributed by atoms with Crippen LogP contribution in [0, 0.1) is 6.92 Å². The van der Waals surface area contributed by atoms with E-state index in [1.165, 1.54) is 17.4 Å². The number of carbonyl (C=O) groups is 1. The number of nitrogens with one attached hydrogen (secondary N) is 2. The fourth-order valence-corrected chi connectivity index (χ4v) is 5.05. The molecule has 0 unspecified atom stereocenters. The first kappa shape index (κ1) is 21.8. The van der Waals surface area contributed by atoms with Crippen molar-refractivity contribution in [2.24, 2.45) is 0 Å². The van der Waals surface area contributed by atoms with Gasteiger partial charge >= 0.3 is 0 Å². The number of aryl methyl sites for hydroxylation is 1. The van der Waals surface area contributed by atoms with Gasteiger partial charge in [-0.3, -0.25) is 10.1 Å². The van der Waals surface area contributed by atoms with E-state index in [-0.39, 0.29) is 17.0 Å². The zero-order valence-electron chi connectivity index (χ0n) is 17.1. The van der Waals surface area contributed by atoms with E-state index < -0.39 is 15.9 Å². The van der Waals surface area contributed by atoms with Gasteiger partial charge in [-0.15, -0.1) is 10.2 Å². The third-order valence-electron chi connectivity index (χ3n) is 4.72. The molecule has 7 nitrogen and oxygen atoms in total. The fraction of sp³-hybridized carbons (Fsp3) is 0.0870. The molecule has 1 heterocycles. The van der Waals surface area contributed by atoms with Crippen molar-refractivity contribution in [1.29, 1.82) is 0 Å². The Balaban J connectivity index is 1.50. The number of hydrogen-bond acceptors (Lipinski definition) is 6. The highest BCUT2D eigenvalue weighted by Gasteiger charge is 2.20. The number of amides is 1. The predicted molar refractivity (Wildman–Crippen MR) is 125 cm³/mol. The van der Waals surface area contributed by atoms with E-state index in [4.69, 9.17) is 0 Å². The molecule has 0 fully saturated rings. The molecule has 0 atom stereocenters. The van der Waals surface area contributed by atoms with Crippen molar-refractivity contribution < 1.29 is 13.2 Å². The predicted octanol–water partition coefficient (Wildman–Crippen LogP) is 4.24. The van der Waals surface area contributed by atoms with Crippen molar-refractivity contribution in [2.75, 3.05) is 5.32 Å². The van der Waals surface area contributed by atoms with Crippen LogP contribution in [0.2, 0.25) is 0 Å². The van der Waals surface area contributed by atoms with E-state index in [2.05, 4.69) is 20.2 Å². The Labute approximate surface area is 190 Å². The molecule has 0 radical (unpaired) electrons. The summed E-state index contributed by atoms with van der Waals surface area (Å²) in [6.07, 6.45) is 0. The number of rotatable bonds is 7. The molecule has 1 amide bonds. The van der Waals surface area contributed by atoms with Crippen molar-refractivity contribution in [3.05, 3.63) is 95.6 Å². The van der Waals surface area contributed by atoms with Crippen molar-refractivity contribution in [1.82, 2.24) is 14.9 Å². The summed E-state index contributed by atoms with van der Waals surface area (Å²) in [4.78, 5) is 12.8. The highest BCUT2D eigenvalue weighted by molar-refractivity contribution is 7.89. The van der Waals surface area contributed by atoms with Gasteiger partial charge in [0.25, 0.3) is 5.91 Å². The summed E-state index contributed by atoms with van der Waals surface area (Å²) in [5.41, 5.74) is 2.50. The van der Waals surface area contributed by atoms with Gasteiger partial charge in [-0.2, -0.15) is 0 Å². The SMILES string of the molecule is Cc1ccc(C(=O)Nc2nnc(-c3ccccc3)s2)cc1S(=O)(=O)NCc1ccccc1. The van der Waals surface area contributed by atoms with Gasteiger partial charge in [-0.05, 0) is 30.2 Å². The molecule has 0 spiro atoms. The number of carbonyl (C=O) groups excluding carboxylic acids is 1. The molecule has 32 heavy (non-hydrogen) atoms. The fourth-order valence-electron chi connectivity index (χ4n) is 3.02. The zero-order chi connectivity index (χ0) is 22.6. The van der Waals surface area contributed by atoms with Gasteiger partial charge in [0, 0.05) is 17.7 Å². The quantitative estimate of drug-likeness (QED) is 0.426. The van der Waals surface area contributed by atoms with Gasteiger partial charge in [0.1, 0.15) is 5.01 Å². The Morgan fingerprint density at radius 2 is 1.62 bits per heavy atom. The van der Waals surface area contributed by atoms with Crippen LogP contribution < -0.4 is 10.0 Å². The molecule has 0 aliphatic rings. The second-order valence-corrected chi connectivity index (χ2v) is 9.74. The first-order valence-electron chi connectivity index (χ1n) is 9.77. The molecule has 0 saturated carbocycles. The monoisotopic (exact) mass is 464 g/mol. The molecule has 0 bridgehead atoms. The second kappa shape index (κ2) is 9.39. The van der Waals surface area contributed by atoms with E-state index in [9.17, 15) is 13.2 Å². The Kier molecular flexibility index (Phi) is 6.40. The van der Waals surface area contributed by atoms with E-state index >= 15 is 0 Å². The van der Waals surface area contributed by atoms with Crippen LogP contribution in [0.15, 0.2) is 83.8 Å². The van der Waals surface area contributed by atoms with Crippen LogP contribution in [0.4, 0.5) is 5.13 Å². The summed E-state index contributed by atoms with van der Waals surface area (Å²) in [5.74, 6) is -0.458. The average Bonchev–Trinajstić information content (AvgIpc) is 3.28. The Bertz CT molecular complexity index is 1340. The van der Waals surface area contributed by atoms with E-state index in [0.29, 0.717) is 15.7 Å². The number of aromatic nitrogens is 2. The minimum absolute atomic E-state index is 0.0586. The van der Waals surface area contributed by atoms with Crippen LogP contribution in [-0.4, -0.2) is 24.5 Å². The lowest BCUT2D eigenvalue weighted by Crippen LogP contribution is -2.24. The Morgan fingerprint density at radius 3 is 2.34 bits per heavy atom. The van der Waals surface area contributed by atoms with Gasteiger partial charge in [0.05, 0.1) is 4.90 Å². The van der Waals surface area contributed by atoms with Gasteiger partial charge in [0.15, 0.2) is 0 Å². The molecule has 2 N–H and O–H groups in total. The highest BCUT2D eigenvalue weighted by Crippen LogP contribution is 2.26. The number of nitrogens with zero attached hydrogens (tertiary/aromatic N) is 2. The van der Waals surface area contributed by atoms with E-state index in [1.54, 1.807) is 19.1 Å². The Morgan fingerprint density at radius 1 is 0.938 bits per heavy atom. The molecular weight excluding hydrogens is 444 g/mol. The molecule has 0 saturated heterocycles.